The summed E-state index contributed by atoms with van der Waals surface area (Å²) >= 11 is 0. The van der Waals surface area contributed by atoms with Gasteiger partial charge in [0, 0.05) is 18.2 Å². The van der Waals surface area contributed by atoms with Crippen LogP contribution in [0.3, 0.4) is 0 Å². The van der Waals surface area contributed by atoms with Gasteiger partial charge in [0.05, 0.1) is 11.1 Å². The van der Waals surface area contributed by atoms with Crippen LogP contribution in [0.5, 0.6) is 0 Å². The standard InChI is InChI=1S/C14H17N3O3S.ClH/c18-21(19,17-10-11-5-7-15-9-11)14-4-2-1-3-12(14)13-6-8-16-20-13;/h1-4,6,8,11,15,17H,5,7,9-10H2;1H. The van der Waals surface area contributed by atoms with Crippen molar-refractivity contribution in [3.63, 3.8) is 0 Å². The third-order valence-corrected chi connectivity index (χ3v) is 5.09. The van der Waals surface area contributed by atoms with Gasteiger partial charge in [0.25, 0.3) is 0 Å². The summed E-state index contributed by atoms with van der Waals surface area (Å²) in [5.74, 6) is 0.788. The molecular weight excluding hydrogens is 326 g/mol. The molecule has 0 radical (unpaired) electrons. The van der Waals surface area contributed by atoms with E-state index in [-0.39, 0.29) is 17.3 Å². The molecule has 1 atom stereocenters. The molecule has 2 N–H and O–H groups in total. The molecule has 1 saturated heterocycles. The topological polar surface area (TPSA) is 84.2 Å². The summed E-state index contributed by atoms with van der Waals surface area (Å²) < 4.78 is 32.8. The van der Waals surface area contributed by atoms with Crippen LogP contribution < -0.4 is 10.0 Å². The van der Waals surface area contributed by atoms with E-state index in [0.29, 0.717) is 23.8 Å². The average Bonchev–Trinajstić information content (AvgIpc) is 3.19. The van der Waals surface area contributed by atoms with Gasteiger partial charge < -0.3 is 9.84 Å². The zero-order chi connectivity index (χ0) is 14.7. The van der Waals surface area contributed by atoms with E-state index in [1.54, 1.807) is 30.3 Å². The van der Waals surface area contributed by atoms with Crippen molar-refractivity contribution in [1.82, 2.24) is 15.2 Å². The summed E-state index contributed by atoms with van der Waals surface area (Å²) in [4.78, 5) is 0.215. The van der Waals surface area contributed by atoms with Crippen LogP contribution in [0.15, 0.2) is 45.9 Å². The van der Waals surface area contributed by atoms with Gasteiger partial charge in [0.1, 0.15) is 0 Å². The molecule has 2 aromatic rings. The smallest absolute Gasteiger partial charge is 0.241 e. The van der Waals surface area contributed by atoms with Crippen LogP contribution in [0.2, 0.25) is 0 Å². The lowest BCUT2D eigenvalue weighted by Crippen LogP contribution is -2.30. The summed E-state index contributed by atoms with van der Waals surface area (Å²) in [6, 6.07) is 8.41. The predicted octanol–water partition coefficient (Wildman–Crippen LogP) is 1.65. The second-order valence-electron chi connectivity index (χ2n) is 5.08. The molecule has 1 aromatic carbocycles. The van der Waals surface area contributed by atoms with E-state index in [2.05, 4.69) is 15.2 Å². The van der Waals surface area contributed by atoms with Crippen LogP contribution in [0.4, 0.5) is 0 Å². The fourth-order valence-electron chi connectivity index (χ4n) is 2.45. The molecule has 120 valence electrons. The van der Waals surface area contributed by atoms with Crippen molar-refractivity contribution >= 4 is 22.4 Å². The van der Waals surface area contributed by atoms with E-state index in [0.717, 1.165) is 19.5 Å². The van der Waals surface area contributed by atoms with E-state index in [1.807, 2.05) is 0 Å². The van der Waals surface area contributed by atoms with Crippen LogP contribution in [0.1, 0.15) is 6.42 Å². The highest BCUT2D eigenvalue weighted by atomic mass is 35.5. The Bertz CT molecular complexity index is 698. The summed E-state index contributed by atoms with van der Waals surface area (Å²) in [6.07, 6.45) is 2.49. The Morgan fingerprint density at radius 2 is 2.14 bits per heavy atom. The minimum absolute atomic E-state index is 0. The molecule has 0 bridgehead atoms. The number of nitrogens with one attached hydrogen (secondary N) is 2. The van der Waals surface area contributed by atoms with Gasteiger partial charge >= 0.3 is 0 Å². The third kappa shape index (κ3) is 3.67. The van der Waals surface area contributed by atoms with Crippen molar-refractivity contribution in [2.75, 3.05) is 19.6 Å². The molecule has 0 saturated carbocycles. The average molecular weight is 344 g/mol. The highest BCUT2D eigenvalue weighted by molar-refractivity contribution is 7.89. The van der Waals surface area contributed by atoms with Gasteiger partial charge in [-0.2, -0.15) is 0 Å². The second-order valence-corrected chi connectivity index (χ2v) is 6.82. The van der Waals surface area contributed by atoms with Gasteiger partial charge in [-0.15, -0.1) is 12.4 Å². The summed E-state index contributed by atoms with van der Waals surface area (Å²) in [5.41, 5.74) is 0.520. The van der Waals surface area contributed by atoms with E-state index in [4.69, 9.17) is 4.52 Å². The maximum absolute atomic E-state index is 12.5. The molecule has 3 rings (SSSR count). The fraction of sp³-hybridized carbons (Fsp3) is 0.357. The number of sulfonamides is 1. The van der Waals surface area contributed by atoms with E-state index >= 15 is 0 Å². The Labute approximate surface area is 135 Å². The lowest BCUT2D eigenvalue weighted by atomic mass is 10.1. The highest BCUT2D eigenvalue weighted by Gasteiger charge is 2.23. The molecule has 0 aliphatic carbocycles. The number of hydrogen-bond donors (Lipinski definition) is 2. The van der Waals surface area contributed by atoms with Crippen molar-refractivity contribution in [2.45, 2.75) is 11.3 Å². The Kier molecular flexibility index (Phi) is 5.57. The number of rotatable bonds is 5. The first kappa shape index (κ1) is 17.0. The highest BCUT2D eigenvalue weighted by Crippen LogP contribution is 2.26. The first-order valence-electron chi connectivity index (χ1n) is 6.87. The van der Waals surface area contributed by atoms with Gasteiger partial charge in [-0.25, -0.2) is 13.1 Å². The van der Waals surface area contributed by atoms with Gasteiger partial charge in [-0.1, -0.05) is 17.3 Å². The molecule has 22 heavy (non-hydrogen) atoms. The Morgan fingerprint density at radius 1 is 1.32 bits per heavy atom. The van der Waals surface area contributed by atoms with Crippen molar-refractivity contribution in [1.29, 1.82) is 0 Å². The monoisotopic (exact) mass is 343 g/mol. The van der Waals surface area contributed by atoms with Gasteiger partial charge in [-0.3, -0.25) is 0 Å². The van der Waals surface area contributed by atoms with E-state index in [9.17, 15) is 8.42 Å². The summed E-state index contributed by atoms with van der Waals surface area (Å²) in [6.45, 7) is 2.24. The minimum atomic E-state index is -3.57. The number of nitrogens with zero attached hydrogens (tertiary/aromatic N) is 1. The lowest BCUT2D eigenvalue weighted by Gasteiger charge is -2.12. The minimum Gasteiger partial charge on any atom is -0.356 e. The second kappa shape index (κ2) is 7.23. The van der Waals surface area contributed by atoms with Crippen LogP contribution in [0, 0.1) is 5.92 Å². The van der Waals surface area contributed by atoms with Crippen LogP contribution >= 0.6 is 12.4 Å². The molecule has 8 heteroatoms. The number of aromatic nitrogens is 1. The van der Waals surface area contributed by atoms with Gasteiger partial charge in [0.15, 0.2) is 5.76 Å². The molecule has 2 heterocycles. The maximum atomic E-state index is 12.5. The zero-order valence-corrected chi connectivity index (χ0v) is 13.5. The quantitative estimate of drug-likeness (QED) is 0.862. The molecule has 1 unspecified atom stereocenters. The van der Waals surface area contributed by atoms with Crippen LogP contribution in [-0.4, -0.2) is 33.2 Å². The molecule has 1 aliphatic heterocycles. The lowest BCUT2D eigenvalue weighted by molar-refractivity contribution is 0.431. The summed E-state index contributed by atoms with van der Waals surface area (Å²) in [5, 5.41) is 6.86. The van der Waals surface area contributed by atoms with Crippen LogP contribution in [-0.2, 0) is 10.0 Å². The van der Waals surface area contributed by atoms with Gasteiger partial charge in [-0.05, 0) is 37.6 Å². The normalized spacial score (nSPS) is 18.1. The fourth-order valence-corrected chi connectivity index (χ4v) is 3.78. The van der Waals surface area contributed by atoms with Crippen molar-refractivity contribution in [2.24, 2.45) is 5.92 Å². The SMILES string of the molecule is Cl.O=S(=O)(NCC1CCNC1)c1ccccc1-c1ccno1. The van der Waals surface area contributed by atoms with Gasteiger partial charge in [0.2, 0.25) is 10.0 Å². The molecule has 0 amide bonds. The molecule has 1 fully saturated rings. The van der Waals surface area contributed by atoms with E-state index < -0.39 is 10.0 Å². The van der Waals surface area contributed by atoms with E-state index in [1.165, 1.54) is 6.20 Å². The Morgan fingerprint density at radius 3 is 2.82 bits per heavy atom. The first-order valence-corrected chi connectivity index (χ1v) is 8.35. The third-order valence-electron chi connectivity index (χ3n) is 3.60. The number of halogens is 1. The summed E-state index contributed by atoms with van der Waals surface area (Å²) in [7, 11) is -3.57. The maximum Gasteiger partial charge on any atom is 0.241 e. The largest absolute Gasteiger partial charge is 0.356 e. The number of benzene rings is 1. The first-order chi connectivity index (χ1) is 10.2. The predicted molar refractivity (Wildman–Crippen MR) is 85.4 cm³/mol. The van der Waals surface area contributed by atoms with Crippen molar-refractivity contribution < 1.29 is 12.9 Å². The van der Waals surface area contributed by atoms with Crippen molar-refractivity contribution in [3.8, 4) is 11.3 Å². The molecule has 0 spiro atoms. The molecule has 6 nitrogen and oxygen atoms in total. The molecular formula is C14H18ClN3O3S. The number of hydrogen-bond acceptors (Lipinski definition) is 5. The Balaban J connectivity index is 0.00000176. The zero-order valence-electron chi connectivity index (χ0n) is 11.9. The molecule has 1 aliphatic rings. The van der Waals surface area contributed by atoms with Crippen molar-refractivity contribution in [3.05, 3.63) is 36.5 Å². The van der Waals surface area contributed by atoms with Crippen LogP contribution in [0.25, 0.3) is 11.3 Å². The molecule has 1 aromatic heterocycles. The Hall–Kier alpha value is -1.41.